The second kappa shape index (κ2) is 7.38. The molecular weight excluding hydrogens is 282 g/mol. The number of phenolic OH excluding ortho intramolecular Hbond substituents is 1. The molecule has 0 aliphatic carbocycles. The van der Waals surface area contributed by atoms with Gasteiger partial charge >= 0.3 is 0 Å². The highest BCUT2D eigenvalue weighted by atomic mass is 16.6. The Morgan fingerprint density at radius 2 is 2.18 bits per heavy atom. The lowest BCUT2D eigenvalue weighted by Crippen LogP contribution is -2.45. The van der Waals surface area contributed by atoms with Crippen molar-refractivity contribution in [3.8, 4) is 5.75 Å². The summed E-state index contributed by atoms with van der Waals surface area (Å²) in [6, 6.07) is 2.92. The van der Waals surface area contributed by atoms with Crippen LogP contribution in [0.4, 0.5) is 5.69 Å². The van der Waals surface area contributed by atoms with Crippen molar-refractivity contribution in [1.29, 1.82) is 0 Å². The molecule has 0 unspecified atom stereocenters. The third-order valence-electron chi connectivity index (χ3n) is 4.16. The second-order valence-electron chi connectivity index (χ2n) is 5.59. The second-order valence-corrected chi connectivity index (χ2v) is 5.59. The molecule has 0 aromatic heterocycles. The van der Waals surface area contributed by atoms with Gasteiger partial charge in [-0.05, 0) is 31.4 Å². The summed E-state index contributed by atoms with van der Waals surface area (Å²) in [5.41, 5.74) is 1.10. The summed E-state index contributed by atoms with van der Waals surface area (Å²) in [5.74, 6) is 0.0433. The van der Waals surface area contributed by atoms with Gasteiger partial charge in [0.05, 0.1) is 10.5 Å². The molecule has 120 valence electrons. The highest BCUT2D eigenvalue weighted by Gasteiger charge is 2.31. The first kappa shape index (κ1) is 16.5. The number of nitrogens with one attached hydrogen (secondary N) is 1. The highest BCUT2D eigenvalue weighted by Crippen LogP contribution is 2.40. The molecule has 2 N–H and O–H groups in total. The number of phenols is 1. The number of hydrogen-bond acceptors (Lipinski definition) is 5. The Labute approximate surface area is 130 Å². The van der Waals surface area contributed by atoms with Crippen LogP contribution in [0.25, 0.3) is 0 Å². The molecule has 22 heavy (non-hydrogen) atoms. The Morgan fingerprint density at radius 1 is 1.50 bits per heavy atom. The maximum absolute atomic E-state index is 11.4. The van der Waals surface area contributed by atoms with E-state index in [1.165, 1.54) is 6.07 Å². The van der Waals surface area contributed by atoms with E-state index in [4.69, 9.17) is 0 Å². The van der Waals surface area contributed by atoms with Crippen molar-refractivity contribution in [3.63, 3.8) is 0 Å². The number of hydrogen-bond donors (Lipinski definition) is 2. The molecule has 1 aromatic rings. The molecule has 0 saturated carbocycles. The van der Waals surface area contributed by atoms with Crippen molar-refractivity contribution in [2.45, 2.75) is 25.8 Å². The summed E-state index contributed by atoms with van der Waals surface area (Å²) in [4.78, 5) is 13.2. The predicted octanol–water partition coefficient (Wildman–Crippen LogP) is 2.52. The SMILES string of the molecule is C=CCC[C@@H](c1c([N+](=O)[O-])ccc(C)c1O)N1CCNCC1. The van der Waals surface area contributed by atoms with Crippen molar-refractivity contribution < 1.29 is 10.0 Å². The third kappa shape index (κ3) is 3.45. The zero-order chi connectivity index (χ0) is 16.1. The number of piperazine rings is 1. The first-order valence-corrected chi connectivity index (χ1v) is 7.58. The van der Waals surface area contributed by atoms with Crippen LogP contribution in [-0.4, -0.2) is 41.1 Å². The number of nitro benzene ring substituents is 1. The van der Waals surface area contributed by atoms with Gasteiger partial charge in [0.1, 0.15) is 5.75 Å². The number of aryl methyl sites for hydroxylation is 1. The van der Waals surface area contributed by atoms with Crippen molar-refractivity contribution >= 4 is 5.69 Å². The Bertz CT molecular complexity index is 554. The minimum Gasteiger partial charge on any atom is -0.507 e. The van der Waals surface area contributed by atoms with Crippen LogP contribution in [0.1, 0.15) is 30.0 Å². The minimum absolute atomic E-state index is 0.00399. The van der Waals surface area contributed by atoms with Crippen molar-refractivity contribution in [2.75, 3.05) is 26.2 Å². The van der Waals surface area contributed by atoms with Gasteiger partial charge < -0.3 is 10.4 Å². The molecule has 1 aliphatic heterocycles. The van der Waals surface area contributed by atoms with Crippen LogP contribution in [0, 0.1) is 17.0 Å². The fourth-order valence-corrected chi connectivity index (χ4v) is 2.97. The summed E-state index contributed by atoms with van der Waals surface area (Å²) in [5, 5.41) is 25.1. The molecule has 6 nitrogen and oxygen atoms in total. The largest absolute Gasteiger partial charge is 0.507 e. The van der Waals surface area contributed by atoms with Gasteiger partial charge in [0.25, 0.3) is 5.69 Å². The Hall–Kier alpha value is -1.92. The lowest BCUT2D eigenvalue weighted by atomic mass is 9.95. The molecule has 1 heterocycles. The summed E-state index contributed by atoms with van der Waals surface area (Å²) in [6.45, 7) is 8.84. The van der Waals surface area contributed by atoms with Gasteiger partial charge in [-0.2, -0.15) is 0 Å². The average molecular weight is 305 g/mol. The van der Waals surface area contributed by atoms with Crippen LogP contribution in [-0.2, 0) is 0 Å². The molecule has 1 saturated heterocycles. The van der Waals surface area contributed by atoms with E-state index in [2.05, 4.69) is 16.8 Å². The van der Waals surface area contributed by atoms with Gasteiger partial charge in [0.2, 0.25) is 0 Å². The van der Waals surface area contributed by atoms with E-state index < -0.39 is 4.92 Å². The quantitative estimate of drug-likeness (QED) is 0.480. The van der Waals surface area contributed by atoms with E-state index in [0.717, 1.165) is 32.6 Å². The smallest absolute Gasteiger partial charge is 0.277 e. The lowest BCUT2D eigenvalue weighted by Gasteiger charge is -2.35. The standard InChI is InChI=1S/C16H23N3O3/c1-3-4-5-13(18-10-8-17-9-11-18)15-14(19(21)22)7-6-12(2)16(15)20/h3,6-7,13,17,20H,1,4-5,8-11H2,2H3/t13-/m0/s1. The van der Waals surface area contributed by atoms with E-state index >= 15 is 0 Å². The zero-order valence-corrected chi connectivity index (χ0v) is 12.9. The monoisotopic (exact) mass is 305 g/mol. The molecular formula is C16H23N3O3. The Morgan fingerprint density at radius 3 is 2.77 bits per heavy atom. The molecule has 6 heteroatoms. The first-order chi connectivity index (χ1) is 10.6. The lowest BCUT2D eigenvalue weighted by molar-refractivity contribution is -0.386. The molecule has 1 atom stereocenters. The maximum Gasteiger partial charge on any atom is 0.277 e. The summed E-state index contributed by atoms with van der Waals surface area (Å²) in [7, 11) is 0. The van der Waals surface area contributed by atoms with Crippen molar-refractivity contribution in [3.05, 3.63) is 46.0 Å². The van der Waals surface area contributed by atoms with E-state index in [1.807, 2.05) is 6.08 Å². The van der Waals surface area contributed by atoms with Gasteiger partial charge in [-0.25, -0.2) is 0 Å². The van der Waals surface area contributed by atoms with Gasteiger partial charge in [-0.3, -0.25) is 15.0 Å². The molecule has 1 aromatic carbocycles. The molecule has 0 amide bonds. The van der Waals surface area contributed by atoms with Crippen molar-refractivity contribution in [1.82, 2.24) is 10.2 Å². The van der Waals surface area contributed by atoms with Gasteiger partial charge in [-0.1, -0.05) is 6.08 Å². The first-order valence-electron chi connectivity index (χ1n) is 7.58. The number of allylic oxidation sites excluding steroid dienone is 1. The Kier molecular flexibility index (Phi) is 5.51. The fourth-order valence-electron chi connectivity index (χ4n) is 2.97. The Balaban J connectivity index is 2.47. The van der Waals surface area contributed by atoms with Crippen LogP contribution in [0.5, 0.6) is 5.75 Å². The number of rotatable bonds is 6. The van der Waals surface area contributed by atoms with Crippen LogP contribution in [0.15, 0.2) is 24.8 Å². The summed E-state index contributed by atoms with van der Waals surface area (Å²) in [6.07, 6.45) is 3.27. The van der Waals surface area contributed by atoms with E-state index in [1.54, 1.807) is 13.0 Å². The third-order valence-corrected chi connectivity index (χ3v) is 4.16. The summed E-state index contributed by atoms with van der Waals surface area (Å²) >= 11 is 0. The molecule has 0 bridgehead atoms. The van der Waals surface area contributed by atoms with Crippen LogP contribution < -0.4 is 5.32 Å². The number of nitro groups is 1. The summed E-state index contributed by atoms with van der Waals surface area (Å²) < 4.78 is 0. The van der Waals surface area contributed by atoms with E-state index in [-0.39, 0.29) is 17.5 Å². The molecule has 0 radical (unpaired) electrons. The average Bonchev–Trinajstić information content (AvgIpc) is 2.52. The highest BCUT2D eigenvalue weighted by molar-refractivity contribution is 5.54. The normalized spacial score (nSPS) is 17.1. The topological polar surface area (TPSA) is 78.6 Å². The van der Waals surface area contributed by atoms with E-state index in [9.17, 15) is 15.2 Å². The van der Waals surface area contributed by atoms with Gasteiger partial charge in [0, 0.05) is 38.3 Å². The number of aromatic hydroxyl groups is 1. The molecule has 2 rings (SSSR count). The van der Waals surface area contributed by atoms with E-state index in [0.29, 0.717) is 17.5 Å². The van der Waals surface area contributed by atoms with Gasteiger partial charge in [0.15, 0.2) is 0 Å². The number of nitrogens with zero attached hydrogens (tertiary/aromatic N) is 2. The van der Waals surface area contributed by atoms with Gasteiger partial charge in [-0.15, -0.1) is 6.58 Å². The van der Waals surface area contributed by atoms with Crippen molar-refractivity contribution in [2.24, 2.45) is 0 Å². The minimum atomic E-state index is -0.405. The van der Waals surface area contributed by atoms with Crippen LogP contribution >= 0.6 is 0 Å². The number of benzene rings is 1. The van der Waals surface area contributed by atoms with Crippen LogP contribution in [0.2, 0.25) is 0 Å². The maximum atomic E-state index is 11.4. The molecule has 1 aliphatic rings. The fraction of sp³-hybridized carbons (Fsp3) is 0.500. The zero-order valence-electron chi connectivity index (χ0n) is 12.9. The molecule has 0 spiro atoms. The molecule has 1 fully saturated rings. The van der Waals surface area contributed by atoms with Crippen LogP contribution in [0.3, 0.4) is 0 Å². The predicted molar refractivity (Wildman–Crippen MR) is 86.1 cm³/mol.